The summed E-state index contributed by atoms with van der Waals surface area (Å²) in [5, 5.41) is 4.92. The Morgan fingerprint density at radius 3 is 2.00 bits per heavy atom. The molecule has 0 amide bonds. The zero-order chi connectivity index (χ0) is 19.7. The summed E-state index contributed by atoms with van der Waals surface area (Å²) in [5.41, 5.74) is 2.27. The molecule has 3 nitrogen and oxygen atoms in total. The van der Waals surface area contributed by atoms with Crippen LogP contribution in [0.5, 0.6) is 0 Å². The third kappa shape index (κ3) is 4.85. The van der Waals surface area contributed by atoms with Crippen LogP contribution in [-0.2, 0) is 0 Å². The molecule has 1 N–H and O–H groups in total. The quantitative estimate of drug-likeness (QED) is 0.323. The number of hydrogen-bond acceptors (Lipinski definition) is 2. The number of fused-ring (bicyclic) bond motifs is 3. The van der Waals surface area contributed by atoms with E-state index in [1.807, 2.05) is 79.4 Å². The number of H-pyrrole nitrogens is 1. The van der Waals surface area contributed by atoms with E-state index in [4.69, 9.17) is 0 Å². The molecule has 0 saturated heterocycles. The molecule has 0 saturated carbocycles. The number of nitrogens with zero attached hydrogens (tertiary/aromatic N) is 2. The summed E-state index contributed by atoms with van der Waals surface area (Å²) >= 11 is 0. The van der Waals surface area contributed by atoms with Gasteiger partial charge in [-0.05, 0) is 46.5 Å². The zero-order valence-corrected chi connectivity index (χ0v) is 15.9. The predicted molar refractivity (Wildman–Crippen MR) is 122 cm³/mol. The van der Waals surface area contributed by atoms with E-state index in [1.54, 1.807) is 0 Å². The molecule has 29 heavy (non-hydrogen) atoms. The van der Waals surface area contributed by atoms with E-state index in [0.717, 1.165) is 5.52 Å². The van der Waals surface area contributed by atoms with Gasteiger partial charge in [0.1, 0.15) is 0 Å². The van der Waals surface area contributed by atoms with E-state index < -0.39 is 0 Å². The maximum absolute atomic E-state index is 4.18. The van der Waals surface area contributed by atoms with Crippen molar-refractivity contribution in [3.63, 3.8) is 0 Å². The molecule has 0 aliphatic carbocycles. The van der Waals surface area contributed by atoms with Gasteiger partial charge in [-0.2, -0.15) is 0 Å². The van der Waals surface area contributed by atoms with E-state index in [2.05, 4.69) is 57.4 Å². The topological polar surface area (TPSA) is 41.6 Å². The highest BCUT2D eigenvalue weighted by Gasteiger charge is 1.88. The number of nitrogens with one attached hydrogen (secondary N) is 1. The fraction of sp³-hybridized carbons (Fsp3) is 0. The van der Waals surface area contributed by atoms with E-state index in [-0.39, 0.29) is 0 Å². The van der Waals surface area contributed by atoms with Gasteiger partial charge in [0.15, 0.2) is 0 Å². The second-order valence-corrected chi connectivity index (χ2v) is 6.48. The van der Waals surface area contributed by atoms with Crippen molar-refractivity contribution in [2.75, 3.05) is 0 Å². The summed E-state index contributed by atoms with van der Waals surface area (Å²) in [7, 11) is 0. The largest absolute Gasteiger partial charge is 0.361 e. The lowest BCUT2D eigenvalue weighted by molar-refractivity contribution is 1.36. The first-order chi connectivity index (χ1) is 14.4. The minimum Gasteiger partial charge on any atom is -0.361 e. The number of para-hydroxylation sites is 2. The molecule has 0 fully saturated rings. The lowest BCUT2D eigenvalue weighted by Gasteiger charge is -1.91. The Labute approximate surface area is 169 Å². The van der Waals surface area contributed by atoms with Crippen molar-refractivity contribution in [1.82, 2.24) is 15.0 Å². The molecule has 0 radical (unpaired) electrons. The minimum atomic E-state index is 1.06. The molecule has 0 atom stereocenters. The van der Waals surface area contributed by atoms with Gasteiger partial charge in [0.05, 0.1) is 5.52 Å². The van der Waals surface area contributed by atoms with Crippen LogP contribution in [0.4, 0.5) is 0 Å². The van der Waals surface area contributed by atoms with Gasteiger partial charge in [-0.25, -0.2) is 0 Å². The first kappa shape index (κ1) is 18.4. The van der Waals surface area contributed by atoms with Crippen LogP contribution in [0.15, 0.2) is 122 Å². The monoisotopic (exact) mass is 375 g/mol. The first-order valence-corrected chi connectivity index (χ1v) is 9.51. The molecule has 3 aromatic heterocycles. The average Bonchev–Trinajstić information content (AvgIpc) is 3.29. The van der Waals surface area contributed by atoms with Crippen LogP contribution in [0.3, 0.4) is 0 Å². The Morgan fingerprint density at radius 1 is 0.517 bits per heavy atom. The lowest BCUT2D eigenvalue weighted by atomic mass is 10.2. The Kier molecular flexibility index (Phi) is 5.89. The van der Waals surface area contributed by atoms with Gasteiger partial charge < -0.3 is 4.98 Å². The molecule has 140 valence electrons. The number of pyridine rings is 2. The molecule has 3 heteroatoms. The van der Waals surface area contributed by atoms with Crippen LogP contribution in [0, 0.1) is 0 Å². The fourth-order valence-corrected chi connectivity index (χ4v) is 3.04. The molecule has 0 spiro atoms. The zero-order valence-electron chi connectivity index (χ0n) is 15.9. The SMILES string of the molecule is c1ccc2[nH]ccc2c1.c1ccc2cnccc2c1.c1ccc2ncccc2c1. The van der Waals surface area contributed by atoms with Gasteiger partial charge in [-0.3, -0.25) is 9.97 Å². The van der Waals surface area contributed by atoms with Gasteiger partial charge in [-0.15, -0.1) is 0 Å². The normalized spacial score (nSPS) is 10.1. The van der Waals surface area contributed by atoms with Crippen LogP contribution in [-0.4, -0.2) is 15.0 Å². The van der Waals surface area contributed by atoms with Crippen LogP contribution in [0.1, 0.15) is 0 Å². The molecular weight excluding hydrogens is 354 g/mol. The predicted octanol–water partition coefficient (Wildman–Crippen LogP) is 6.64. The molecule has 3 heterocycles. The number of aromatic amines is 1. The van der Waals surface area contributed by atoms with Crippen molar-refractivity contribution < 1.29 is 0 Å². The van der Waals surface area contributed by atoms with Gasteiger partial charge in [0.2, 0.25) is 0 Å². The molecule has 0 aliphatic rings. The standard InChI is InChI=1S/2C9H7N.C8H7N/c1-2-6-9-8(4-1)5-3-7-10-9;1-2-4-9-7-10-6-5-8(9)3-1;1-2-4-8-7(3-1)5-6-9-8/h2*1-7H;1-6,9H. The average molecular weight is 375 g/mol. The van der Waals surface area contributed by atoms with Gasteiger partial charge in [0, 0.05) is 35.7 Å². The van der Waals surface area contributed by atoms with Crippen molar-refractivity contribution >= 4 is 32.6 Å². The second-order valence-electron chi connectivity index (χ2n) is 6.48. The summed E-state index contributed by atoms with van der Waals surface area (Å²) in [6, 6.07) is 32.6. The number of hydrogen-bond donors (Lipinski definition) is 1. The van der Waals surface area contributed by atoms with Gasteiger partial charge in [0.25, 0.3) is 0 Å². The van der Waals surface area contributed by atoms with Crippen LogP contribution < -0.4 is 0 Å². The highest BCUT2D eigenvalue weighted by molar-refractivity contribution is 5.81. The minimum absolute atomic E-state index is 1.06. The van der Waals surface area contributed by atoms with Crippen LogP contribution in [0.25, 0.3) is 32.6 Å². The third-order valence-electron chi connectivity index (χ3n) is 4.52. The van der Waals surface area contributed by atoms with Crippen molar-refractivity contribution in [3.05, 3.63) is 122 Å². The molecular formula is C26H21N3. The Bertz CT molecular complexity index is 1090. The number of rotatable bonds is 0. The summed E-state index contributed by atoms with van der Waals surface area (Å²) in [5.74, 6) is 0. The molecule has 0 unspecified atom stereocenters. The van der Waals surface area contributed by atoms with Crippen molar-refractivity contribution in [2.24, 2.45) is 0 Å². The first-order valence-electron chi connectivity index (χ1n) is 9.51. The van der Waals surface area contributed by atoms with Crippen LogP contribution in [0.2, 0.25) is 0 Å². The molecule has 0 aliphatic heterocycles. The summed E-state index contributed by atoms with van der Waals surface area (Å²) in [4.78, 5) is 11.3. The summed E-state index contributed by atoms with van der Waals surface area (Å²) in [6.07, 6.45) is 7.44. The Balaban J connectivity index is 0.000000106. The summed E-state index contributed by atoms with van der Waals surface area (Å²) < 4.78 is 0. The maximum Gasteiger partial charge on any atom is 0.0701 e. The smallest absolute Gasteiger partial charge is 0.0701 e. The van der Waals surface area contributed by atoms with Crippen molar-refractivity contribution in [2.45, 2.75) is 0 Å². The van der Waals surface area contributed by atoms with Crippen LogP contribution >= 0.6 is 0 Å². The second kappa shape index (κ2) is 9.29. The molecule has 6 aromatic rings. The lowest BCUT2D eigenvalue weighted by Crippen LogP contribution is -1.73. The van der Waals surface area contributed by atoms with E-state index in [0.29, 0.717) is 0 Å². The van der Waals surface area contributed by atoms with Crippen molar-refractivity contribution in [1.29, 1.82) is 0 Å². The highest BCUT2D eigenvalue weighted by atomic mass is 14.7. The molecule has 6 rings (SSSR count). The fourth-order valence-electron chi connectivity index (χ4n) is 3.04. The number of aromatic nitrogens is 3. The van der Waals surface area contributed by atoms with Gasteiger partial charge >= 0.3 is 0 Å². The van der Waals surface area contributed by atoms with E-state index in [1.165, 1.54) is 27.1 Å². The van der Waals surface area contributed by atoms with E-state index in [9.17, 15) is 0 Å². The Hall–Kier alpha value is -3.98. The highest BCUT2D eigenvalue weighted by Crippen LogP contribution is 2.10. The van der Waals surface area contributed by atoms with Gasteiger partial charge in [-0.1, -0.05) is 66.7 Å². The maximum atomic E-state index is 4.18. The molecule has 3 aromatic carbocycles. The molecule has 0 bridgehead atoms. The van der Waals surface area contributed by atoms with Crippen molar-refractivity contribution in [3.8, 4) is 0 Å². The summed E-state index contributed by atoms with van der Waals surface area (Å²) in [6.45, 7) is 0. The number of benzene rings is 3. The van der Waals surface area contributed by atoms with E-state index >= 15 is 0 Å². The third-order valence-corrected chi connectivity index (χ3v) is 4.52. The Morgan fingerprint density at radius 2 is 1.21 bits per heavy atom.